The second-order valence-electron chi connectivity index (χ2n) is 3.14. The fraction of sp³-hybridized carbons (Fsp3) is 0.300. The summed E-state index contributed by atoms with van der Waals surface area (Å²) in [5, 5.41) is 0. The van der Waals surface area contributed by atoms with E-state index in [-0.39, 0.29) is 10.0 Å². The monoisotopic (exact) mass is 298 g/mol. The highest BCUT2D eigenvalue weighted by Gasteiger charge is 2.29. The van der Waals surface area contributed by atoms with Gasteiger partial charge >= 0.3 is 6.18 Å². The number of hydrogen-bond acceptors (Lipinski definition) is 1. The van der Waals surface area contributed by atoms with Gasteiger partial charge in [0.05, 0.1) is 12.0 Å². The molecule has 0 atom stereocenters. The van der Waals surface area contributed by atoms with Gasteiger partial charge in [0, 0.05) is 10.9 Å². The van der Waals surface area contributed by atoms with Crippen LogP contribution in [0.2, 0.25) is 0 Å². The number of ketones is 1. The van der Waals surface area contributed by atoms with E-state index in [4.69, 9.17) is 0 Å². The molecule has 0 bridgehead atoms. The van der Waals surface area contributed by atoms with Gasteiger partial charge in [-0.05, 0) is 28.1 Å². The van der Waals surface area contributed by atoms with E-state index in [1.165, 1.54) is 12.1 Å². The first-order valence-electron chi connectivity index (χ1n) is 4.35. The third-order valence-corrected chi connectivity index (χ3v) is 2.54. The Morgan fingerprint density at radius 2 is 1.94 bits per heavy atom. The van der Waals surface area contributed by atoms with Crippen molar-refractivity contribution in [2.75, 3.05) is 0 Å². The van der Waals surface area contributed by atoms with E-state index < -0.39 is 30.6 Å². The SMILES string of the molecule is O=C(CCC(F)(F)F)c1c(F)cccc1Br. The molecule has 88 valence electrons. The topological polar surface area (TPSA) is 17.1 Å². The zero-order valence-corrected chi connectivity index (χ0v) is 9.53. The maximum Gasteiger partial charge on any atom is 0.389 e. The predicted octanol–water partition coefficient (Wildman–Crippen LogP) is 4.11. The van der Waals surface area contributed by atoms with Crippen LogP contribution in [-0.2, 0) is 0 Å². The van der Waals surface area contributed by atoms with E-state index in [0.717, 1.165) is 6.07 Å². The van der Waals surface area contributed by atoms with E-state index in [0.29, 0.717) is 0 Å². The van der Waals surface area contributed by atoms with Gasteiger partial charge in [0.2, 0.25) is 0 Å². The molecule has 0 fully saturated rings. The highest BCUT2D eigenvalue weighted by atomic mass is 79.9. The smallest absolute Gasteiger partial charge is 0.294 e. The van der Waals surface area contributed by atoms with Gasteiger partial charge in [0.15, 0.2) is 5.78 Å². The molecule has 0 radical (unpaired) electrons. The molecule has 6 heteroatoms. The molecule has 0 saturated carbocycles. The maximum atomic E-state index is 13.2. The summed E-state index contributed by atoms with van der Waals surface area (Å²) in [6.45, 7) is 0. The third-order valence-electron chi connectivity index (χ3n) is 1.88. The van der Waals surface area contributed by atoms with Crippen LogP contribution in [-0.4, -0.2) is 12.0 Å². The Morgan fingerprint density at radius 3 is 2.44 bits per heavy atom. The lowest BCUT2D eigenvalue weighted by molar-refractivity contribution is -0.133. The lowest BCUT2D eigenvalue weighted by Gasteiger charge is -2.07. The Kier molecular flexibility index (Phi) is 4.07. The van der Waals surface area contributed by atoms with Gasteiger partial charge in [0.25, 0.3) is 0 Å². The standard InChI is InChI=1S/C10H7BrF4O/c11-6-2-1-3-7(12)9(6)8(16)4-5-10(13,14)15/h1-3H,4-5H2. The van der Waals surface area contributed by atoms with Crippen molar-refractivity contribution in [3.8, 4) is 0 Å². The minimum atomic E-state index is -4.41. The minimum Gasteiger partial charge on any atom is -0.294 e. The first-order valence-corrected chi connectivity index (χ1v) is 5.14. The molecule has 1 nitrogen and oxygen atoms in total. The number of hydrogen-bond donors (Lipinski definition) is 0. The van der Waals surface area contributed by atoms with Crippen LogP contribution in [0.5, 0.6) is 0 Å². The molecule has 0 aliphatic rings. The van der Waals surface area contributed by atoms with Crippen LogP contribution in [0.3, 0.4) is 0 Å². The Hall–Kier alpha value is -0.910. The Morgan fingerprint density at radius 1 is 1.31 bits per heavy atom. The molecule has 0 aliphatic carbocycles. The van der Waals surface area contributed by atoms with Crippen LogP contribution in [0.15, 0.2) is 22.7 Å². The molecule has 0 unspecified atom stereocenters. The van der Waals surface area contributed by atoms with Crippen molar-refractivity contribution < 1.29 is 22.4 Å². The largest absolute Gasteiger partial charge is 0.389 e. The summed E-state index contributed by atoms with van der Waals surface area (Å²) in [7, 11) is 0. The molecular weight excluding hydrogens is 292 g/mol. The minimum absolute atomic E-state index is 0.166. The molecule has 0 spiro atoms. The van der Waals surface area contributed by atoms with Gasteiger partial charge in [-0.25, -0.2) is 4.39 Å². The van der Waals surface area contributed by atoms with Crippen molar-refractivity contribution in [2.45, 2.75) is 19.0 Å². The van der Waals surface area contributed by atoms with Crippen LogP contribution in [0, 0.1) is 5.82 Å². The zero-order valence-electron chi connectivity index (χ0n) is 7.94. The summed E-state index contributed by atoms with van der Waals surface area (Å²) in [5.74, 6) is -1.68. The molecule has 0 aromatic heterocycles. The molecule has 0 aliphatic heterocycles. The Bertz CT molecular complexity index is 380. The number of carbonyl (C=O) groups is 1. The average Bonchev–Trinajstić information content (AvgIpc) is 2.13. The van der Waals surface area contributed by atoms with Crippen molar-refractivity contribution in [3.05, 3.63) is 34.1 Å². The lowest BCUT2D eigenvalue weighted by atomic mass is 10.1. The third kappa shape index (κ3) is 3.59. The lowest BCUT2D eigenvalue weighted by Crippen LogP contribution is -2.12. The van der Waals surface area contributed by atoms with E-state index in [9.17, 15) is 22.4 Å². The second kappa shape index (κ2) is 4.95. The Balaban J connectivity index is 2.81. The van der Waals surface area contributed by atoms with E-state index in [1.54, 1.807) is 0 Å². The number of alkyl halides is 3. The zero-order chi connectivity index (χ0) is 12.3. The predicted molar refractivity (Wildman–Crippen MR) is 53.7 cm³/mol. The highest BCUT2D eigenvalue weighted by molar-refractivity contribution is 9.10. The van der Waals surface area contributed by atoms with Crippen molar-refractivity contribution in [2.24, 2.45) is 0 Å². The average molecular weight is 299 g/mol. The highest BCUT2D eigenvalue weighted by Crippen LogP contribution is 2.26. The van der Waals surface area contributed by atoms with Crippen LogP contribution >= 0.6 is 15.9 Å². The normalized spacial score (nSPS) is 11.6. The second-order valence-corrected chi connectivity index (χ2v) is 3.99. The molecule has 16 heavy (non-hydrogen) atoms. The molecule has 0 saturated heterocycles. The summed E-state index contributed by atoms with van der Waals surface area (Å²) >= 11 is 2.93. The summed E-state index contributed by atoms with van der Waals surface area (Å²) in [5.41, 5.74) is -0.327. The van der Waals surface area contributed by atoms with Crippen molar-refractivity contribution in [1.29, 1.82) is 0 Å². The molecule has 0 heterocycles. The molecular formula is C10H7BrF4O. The van der Waals surface area contributed by atoms with Crippen molar-refractivity contribution in [3.63, 3.8) is 0 Å². The quantitative estimate of drug-likeness (QED) is 0.606. The maximum absolute atomic E-state index is 13.2. The Labute approximate surface area is 97.6 Å². The number of Topliss-reactive ketones (excluding diaryl/α,β-unsaturated/α-hetero) is 1. The van der Waals surface area contributed by atoms with E-state index in [2.05, 4.69) is 15.9 Å². The fourth-order valence-corrected chi connectivity index (χ4v) is 1.71. The van der Waals surface area contributed by atoms with E-state index >= 15 is 0 Å². The number of benzene rings is 1. The first kappa shape index (κ1) is 13.2. The van der Waals surface area contributed by atoms with Gasteiger partial charge in [-0.2, -0.15) is 13.2 Å². The molecule has 1 aromatic rings. The number of carbonyl (C=O) groups excluding carboxylic acids is 1. The molecule has 1 aromatic carbocycles. The molecule has 0 N–H and O–H groups in total. The van der Waals surface area contributed by atoms with Crippen LogP contribution in [0.4, 0.5) is 17.6 Å². The van der Waals surface area contributed by atoms with Gasteiger partial charge in [-0.3, -0.25) is 4.79 Å². The number of rotatable bonds is 3. The fourth-order valence-electron chi connectivity index (χ4n) is 1.14. The van der Waals surface area contributed by atoms with Crippen LogP contribution in [0.25, 0.3) is 0 Å². The van der Waals surface area contributed by atoms with Crippen molar-refractivity contribution >= 4 is 21.7 Å². The van der Waals surface area contributed by atoms with Gasteiger partial charge < -0.3 is 0 Å². The van der Waals surface area contributed by atoms with Crippen molar-refractivity contribution in [1.82, 2.24) is 0 Å². The van der Waals surface area contributed by atoms with Crippen LogP contribution < -0.4 is 0 Å². The van der Waals surface area contributed by atoms with E-state index in [1.807, 2.05) is 0 Å². The molecule has 1 rings (SSSR count). The van der Waals surface area contributed by atoms with Gasteiger partial charge in [-0.15, -0.1) is 0 Å². The summed E-state index contributed by atoms with van der Waals surface area (Å²) in [4.78, 5) is 11.4. The van der Waals surface area contributed by atoms with Gasteiger partial charge in [-0.1, -0.05) is 6.07 Å². The van der Waals surface area contributed by atoms with Crippen LogP contribution in [0.1, 0.15) is 23.2 Å². The first-order chi connectivity index (χ1) is 7.31. The number of halogens is 5. The van der Waals surface area contributed by atoms with Gasteiger partial charge in [0.1, 0.15) is 5.82 Å². The summed E-state index contributed by atoms with van der Waals surface area (Å²) in [6, 6.07) is 3.80. The summed E-state index contributed by atoms with van der Waals surface area (Å²) < 4.78 is 49.0. The molecule has 0 amide bonds. The summed E-state index contributed by atoms with van der Waals surface area (Å²) in [6.07, 6.45) is -6.40.